The number of methoxy groups -OCH3 is 1. The highest BCUT2D eigenvalue weighted by Gasteiger charge is 2.28. The molecule has 21 heavy (non-hydrogen) atoms. The average molecular weight is 286 g/mol. The van der Waals surface area contributed by atoms with Gasteiger partial charge in [0, 0.05) is 0 Å². The Morgan fingerprint density at radius 2 is 2.05 bits per heavy atom. The molecule has 0 saturated heterocycles. The van der Waals surface area contributed by atoms with Crippen molar-refractivity contribution in [2.24, 2.45) is 0 Å². The molecule has 1 aliphatic heterocycles. The van der Waals surface area contributed by atoms with Crippen LogP contribution in [0.25, 0.3) is 0 Å². The van der Waals surface area contributed by atoms with Gasteiger partial charge in [-0.05, 0) is 48.4 Å². The van der Waals surface area contributed by atoms with E-state index in [1.54, 1.807) is 7.11 Å². The molecule has 0 saturated carbocycles. The fourth-order valence-corrected chi connectivity index (χ4v) is 2.58. The van der Waals surface area contributed by atoms with E-state index in [9.17, 15) is 9.18 Å². The largest absolute Gasteiger partial charge is 0.496 e. The van der Waals surface area contributed by atoms with Gasteiger partial charge in [0.2, 0.25) is 0 Å². The standard InChI is InChI=1S/C17H15FO3/c1-10-7-11(3-5-15(10)20-2)17-9-14(19)13-8-12(18)4-6-16(13)21-17/h3-8,17H,9H2,1-2H3. The van der Waals surface area contributed by atoms with Crippen LogP contribution in [0.15, 0.2) is 36.4 Å². The lowest BCUT2D eigenvalue weighted by atomic mass is 9.95. The summed E-state index contributed by atoms with van der Waals surface area (Å²) in [6, 6.07) is 9.73. The number of carbonyl (C=O) groups excluding carboxylic acids is 1. The van der Waals surface area contributed by atoms with Gasteiger partial charge >= 0.3 is 0 Å². The summed E-state index contributed by atoms with van der Waals surface area (Å²) in [5.74, 6) is 0.702. The van der Waals surface area contributed by atoms with Crippen LogP contribution in [0.2, 0.25) is 0 Å². The lowest BCUT2D eigenvalue weighted by molar-refractivity contribution is 0.0849. The summed E-state index contributed by atoms with van der Waals surface area (Å²) in [6.07, 6.45) is -0.137. The van der Waals surface area contributed by atoms with Crippen molar-refractivity contribution in [2.45, 2.75) is 19.4 Å². The van der Waals surface area contributed by atoms with Gasteiger partial charge in [-0.1, -0.05) is 6.07 Å². The van der Waals surface area contributed by atoms with Gasteiger partial charge in [0.05, 0.1) is 19.1 Å². The van der Waals surface area contributed by atoms with Gasteiger partial charge in [0.1, 0.15) is 23.4 Å². The molecule has 3 nitrogen and oxygen atoms in total. The fraction of sp³-hybridized carbons (Fsp3) is 0.235. The molecule has 0 fully saturated rings. The van der Waals surface area contributed by atoms with Gasteiger partial charge in [-0.25, -0.2) is 4.39 Å². The van der Waals surface area contributed by atoms with E-state index in [1.165, 1.54) is 18.2 Å². The van der Waals surface area contributed by atoms with Crippen molar-refractivity contribution >= 4 is 5.78 Å². The molecule has 0 amide bonds. The van der Waals surface area contributed by atoms with E-state index < -0.39 is 5.82 Å². The molecule has 2 aromatic carbocycles. The minimum absolute atomic E-state index is 0.103. The summed E-state index contributed by atoms with van der Waals surface area (Å²) in [4.78, 5) is 12.2. The van der Waals surface area contributed by atoms with Crippen molar-refractivity contribution in [1.82, 2.24) is 0 Å². The van der Waals surface area contributed by atoms with Crippen molar-refractivity contribution in [2.75, 3.05) is 7.11 Å². The Bertz CT molecular complexity index is 709. The number of aryl methyl sites for hydroxylation is 1. The zero-order valence-corrected chi connectivity index (χ0v) is 11.9. The predicted molar refractivity (Wildman–Crippen MR) is 76.4 cm³/mol. The third-order valence-electron chi connectivity index (χ3n) is 3.67. The predicted octanol–water partition coefficient (Wildman–Crippen LogP) is 3.85. The van der Waals surface area contributed by atoms with Crippen LogP contribution >= 0.6 is 0 Å². The van der Waals surface area contributed by atoms with Crippen molar-refractivity contribution in [3.05, 3.63) is 58.9 Å². The summed E-state index contributed by atoms with van der Waals surface area (Å²) in [7, 11) is 1.62. The maximum absolute atomic E-state index is 13.2. The van der Waals surface area contributed by atoms with Crippen molar-refractivity contribution in [3.63, 3.8) is 0 Å². The highest BCUT2D eigenvalue weighted by Crippen LogP contribution is 2.36. The number of benzene rings is 2. The second-order valence-corrected chi connectivity index (χ2v) is 5.10. The number of fused-ring (bicyclic) bond motifs is 1. The van der Waals surface area contributed by atoms with Crippen molar-refractivity contribution in [1.29, 1.82) is 0 Å². The molecule has 108 valence electrons. The molecular weight excluding hydrogens is 271 g/mol. The van der Waals surface area contributed by atoms with Gasteiger partial charge in [-0.15, -0.1) is 0 Å². The second-order valence-electron chi connectivity index (χ2n) is 5.10. The van der Waals surface area contributed by atoms with Crippen LogP contribution in [0, 0.1) is 12.7 Å². The van der Waals surface area contributed by atoms with E-state index in [-0.39, 0.29) is 18.3 Å². The molecule has 3 rings (SSSR count). The van der Waals surface area contributed by atoms with Gasteiger partial charge in [0.15, 0.2) is 5.78 Å². The SMILES string of the molecule is COc1ccc(C2CC(=O)c3cc(F)ccc3O2)cc1C. The number of halogens is 1. The smallest absolute Gasteiger partial charge is 0.170 e. The van der Waals surface area contributed by atoms with Crippen LogP contribution in [0.5, 0.6) is 11.5 Å². The summed E-state index contributed by atoms with van der Waals surface area (Å²) in [5.41, 5.74) is 2.21. The topological polar surface area (TPSA) is 35.5 Å². The molecule has 0 aliphatic carbocycles. The highest BCUT2D eigenvalue weighted by atomic mass is 19.1. The monoisotopic (exact) mass is 286 g/mol. The number of rotatable bonds is 2. The van der Waals surface area contributed by atoms with E-state index in [0.29, 0.717) is 11.3 Å². The number of Topliss-reactive ketones (excluding diaryl/α,β-unsaturated/α-hetero) is 1. The summed E-state index contributed by atoms with van der Waals surface area (Å²) in [5, 5.41) is 0. The number of hydrogen-bond acceptors (Lipinski definition) is 3. The molecule has 0 aromatic heterocycles. The molecular formula is C17H15FO3. The molecule has 1 aliphatic rings. The Labute approximate surface area is 122 Å². The number of ether oxygens (including phenoxy) is 2. The minimum atomic E-state index is -0.426. The van der Waals surface area contributed by atoms with Crippen LogP contribution in [0.4, 0.5) is 4.39 Å². The van der Waals surface area contributed by atoms with Gasteiger partial charge < -0.3 is 9.47 Å². The molecule has 0 radical (unpaired) electrons. The minimum Gasteiger partial charge on any atom is -0.496 e. The Morgan fingerprint density at radius 3 is 2.76 bits per heavy atom. The van der Waals surface area contributed by atoms with E-state index >= 15 is 0 Å². The first-order valence-electron chi connectivity index (χ1n) is 6.72. The molecule has 0 bridgehead atoms. The zero-order valence-electron chi connectivity index (χ0n) is 11.9. The highest BCUT2D eigenvalue weighted by molar-refractivity contribution is 6.00. The van der Waals surface area contributed by atoms with E-state index in [4.69, 9.17) is 9.47 Å². The Morgan fingerprint density at radius 1 is 1.24 bits per heavy atom. The Kier molecular flexibility index (Phi) is 3.37. The third kappa shape index (κ3) is 2.49. The Hall–Kier alpha value is -2.36. The van der Waals surface area contributed by atoms with Crippen molar-refractivity contribution in [3.8, 4) is 11.5 Å². The van der Waals surface area contributed by atoms with Crippen LogP contribution in [-0.4, -0.2) is 12.9 Å². The first kappa shape index (κ1) is 13.6. The number of ketones is 1. The molecule has 1 atom stereocenters. The summed E-state index contributed by atoms with van der Waals surface area (Å²) >= 11 is 0. The first-order chi connectivity index (χ1) is 10.1. The lowest BCUT2D eigenvalue weighted by Gasteiger charge is -2.26. The van der Waals surface area contributed by atoms with Crippen LogP contribution < -0.4 is 9.47 Å². The fourth-order valence-electron chi connectivity index (χ4n) is 2.58. The summed E-state index contributed by atoms with van der Waals surface area (Å²) < 4.78 is 24.3. The number of carbonyl (C=O) groups is 1. The molecule has 0 spiro atoms. The molecule has 1 heterocycles. The van der Waals surface area contributed by atoms with Gasteiger partial charge in [-0.3, -0.25) is 4.79 Å². The van der Waals surface area contributed by atoms with Crippen LogP contribution in [0.3, 0.4) is 0 Å². The van der Waals surface area contributed by atoms with E-state index in [0.717, 1.165) is 16.9 Å². The average Bonchev–Trinajstić information content (AvgIpc) is 2.47. The van der Waals surface area contributed by atoms with E-state index in [1.807, 2.05) is 25.1 Å². The second kappa shape index (κ2) is 5.20. The summed E-state index contributed by atoms with van der Waals surface area (Å²) in [6.45, 7) is 1.94. The third-order valence-corrected chi connectivity index (χ3v) is 3.67. The molecule has 4 heteroatoms. The molecule has 1 unspecified atom stereocenters. The first-order valence-corrected chi connectivity index (χ1v) is 6.72. The van der Waals surface area contributed by atoms with E-state index in [2.05, 4.69) is 0 Å². The van der Waals surface area contributed by atoms with Gasteiger partial charge in [0.25, 0.3) is 0 Å². The zero-order chi connectivity index (χ0) is 15.0. The maximum atomic E-state index is 13.2. The van der Waals surface area contributed by atoms with Crippen LogP contribution in [0.1, 0.15) is 34.0 Å². The Balaban J connectivity index is 1.94. The number of hydrogen-bond donors (Lipinski definition) is 0. The molecule has 0 N–H and O–H groups in total. The quantitative estimate of drug-likeness (QED) is 0.841. The van der Waals surface area contributed by atoms with Gasteiger partial charge in [-0.2, -0.15) is 0 Å². The maximum Gasteiger partial charge on any atom is 0.170 e. The lowest BCUT2D eigenvalue weighted by Crippen LogP contribution is -2.20. The van der Waals surface area contributed by atoms with Crippen LogP contribution in [-0.2, 0) is 0 Å². The van der Waals surface area contributed by atoms with Crippen molar-refractivity contribution < 1.29 is 18.7 Å². The molecule has 2 aromatic rings. The normalized spacial score (nSPS) is 17.1.